The van der Waals surface area contributed by atoms with Gasteiger partial charge in [0, 0.05) is 32.1 Å². The van der Waals surface area contributed by atoms with Crippen LogP contribution in [-0.4, -0.2) is 36.5 Å². The second-order valence-corrected chi connectivity index (χ2v) is 10.7. The number of fused-ring (bicyclic) bond motifs is 2. The molecule has 2 N–H and O–H groups in total. The number of esters is 1. The number of nitrogens with one attached hydrogen (secondary N) is 2. The van der Waals surface area contributed by atoms with E-state index in [0.717, 1.165) is 0 Å². The second-order valence-electron chi connectivity index (χ2n) is 9.46. The summed E-state index contributed by atoms with van der Waals surface area (Å²) in [7, 11) is 0. The van der Waals surface area contributed by atoms with Crippen LogP contribution >= 0.6 is 34.8 Å². The van der Waals surface area contributed by atoms with E-state index >= 15 is 0 Å². The molecule has 1 aliphatic heterocycles. The van der Waals surface area contributed by atoms with Crippen LogP contribution in [0.1, 0.15) is 33.3 Å². The molecule has 0 spiro atoms. The second kappa shape index (κ2) is 12.5. The van der Waals surface area contributed by atoms with E-state index in [4.69, 9.17) is 53.8 Å². The molecule has 9 nitrogen and oxygen atoms in total. The summed E-state index contributed by atoms with van der Waals surface area (Å²) in [5.74, 6) is 0.445. The van der Waals surface area contributed by atoms with Gasteiger partial charge >= 0.3 is 5.97 Å². The van der Waals surface area contributed by atoms with Crippen LogP contribution in [0.15, 0.2) is 77.9 Å². The minimum absolute atomic E-state index is 0.0965. The number of hydrazone groups is 1. The highest BCUT2D eigenvalue weighted by atomic mass is 35.5. The van der Waals surface area contributed by atoms with Crippen molar-refractivity contribution in [3.8, 4) is 34.1 Å². The first-order chi connectivity index (χ1) is 21.3. The molecule has 2 heterocycles. The molecule has 0 saturated carbocycles. The number of ether oxygens (including phenoxy) is 4. The molecule has 5 aromatic rings. The molecule has 222 valence electrons. The van der Waals surface area contributed by atoms with Crippen molar-refractivity contribution in [3.63, 3.8) is 0 Å². The number of benzene rings is 4. The molecule has 1 aromatic heterocycles. The highest BCUT2D eigenvalue weighted by Gasteiger charge is 2.23. The number of hydrogen-bond acceptors (Lipinski definition) is 7. The number of hydrogen-bond donors (Lipinski definition) is 2. The number of aromatic nitrogens is 1. The fraction of sp³-hybridized carbons (Fsp3) is 0.0938. The highest BCUT2D eigenvalue weighted by molar-refractivity contribution is 6.41. The summed E-state index contributed by atoms with van der Waals surface area (Å²) in [6.07, 6.45) is 1.44. The normalized spacial score (nSPS) is 12.1. The van der Waals surface area contributed by atoms with Crippen molar-refractivity contribution in [2.45, 2.75) is 6.92 Å². The molecule has 0 unspecified atom stereocenters. The van der Waals surface area contributed by atoms with Crippen LogP contribution in [0.2, 0.25) is 15.1 Å². The molecule has 12 heteroatoms. The van der Waals surface area contributed by atoms with E-state index in [1.165, 1.54) is 6.21 Å². The van der Waals surface area contributed by atoms with Crippen LogP contribution in [0.5, 0.6) is 23.0 Å². The smallest absolute Gasteiger partial charge is 0.343 e. The molecule has 44 heavy (non-hydrogen) atoms. The van der Waals surface area contributed by atoms with Crippen LogP contribution in [0, 0.1) is 0 Å². The summed E-state index contributed by atoms with van der Waals surface area (Å²) in [6.45, 7) is 2.23. The topological polar surface area (TPSA) is 111 Å². The third kappa shape index (κ3) is 5.90. The SMILES string of the molecule is CCOc1cc(C=NNC(=O)c2[nH]c3cc(Cl)cc(Cl)c3c2-c2ccccc2Cl)ccc1OC(=O)c1ccc2c(c1)OCO2. The van der Waals surface area contributed by atoms with Gasteiger partial charge in [0.15, 0.2) is 23.0 Å². The highest BCUT2D eigenvalue weighted by Crippen LogP contribution is 2.41. The van der Waals surface area contributed by atoms with Gasteiger partial charge in [-0.3, -0.25) is 4.79 Å². The Balaban J connectivity index is 1.23. The minimum atomic E-state index is -0.591. The molecular weight excluding hydrogens is 629 g/mol. The molecule has 1 amide bonds. The first-order valence-corrected chi connectivity index (χ1v) is 14.4. The summed E-state index contributed by atoms with van der Waals surface area (Å²) in [4.78, 5) is 29.3. The van der Waals surface area contributed by atoms with Crippen molar-refractivity contribution in [1.29, 1.82) is 0 Å². The van der Waals surface area contributed by atoms with Crippen LogP contribution in [0.25, 0.3) is 22.0 Å². The largest absolute Gasteiger partial charge is 0.490 e. The number of H-pyrrole nitrogens is 1. The van der Waals surface area contributed by atoms with Gasteiger partial charge in [0.25, 0.3) is 5.91 Å². The summed E-state index contributed by atoms with van der Waals surface area (Å²) in [5, 5.41) is 5.96. The van der Waals surface area contributed by atoms with E-state index in [1.807, 2.05) is 6.07 Å². The van der Waals surface area contributed by atoms with E-state index in [0.29, 0.717) is 72.1 Å². The molecule has 1 aliphatic rings. The number of carbonyl (C=O) groups excluding carboxylic acids is 2. The Hall–Kier alpha value is -4.70. The van der Waals surface area contributed by atoms with Gasteiger partial charge in [-0.15, -0.1) is 0 Å². The Morgan fingerprint density at radius 1 is 0.955 bits per heavy atom. The average Bonchev–Trinajstić information content (AvgIpc) is 3.63. The summed E-state index contributed by atoms with van der Waals surface area (Å²) in [5.41, 5.74) is 5.33. The van der Waals surface area contributed by atoms with Crippen molar-refractivity contribution in [1.82, 2.24) is 10.4 Å². The number of amides is 1. The molecule has 4 aromatic carbocycles. The number of aromatic amines is 1. The van der Waals surface area contributed by atoms with Gasteiger partial charge in [-0.05, 0) is 67.1 Å². The monoisotopic (exact) mass is 649 g/mol. The molecule has 0 fully saturated rings. The van der Waals surface area contributed by atoms with Crippen molar-refractivity contribution in [3.05, 3.63) is 105 Å². The van der Waals surface area contributed by atoms with Gasteiger partial charge in [0.05, 0.1) is 23.4 Å². The predicted molar refractivity (Wildman–Crippen MR) is 169 cm³/mol. The van der Waals surface area contributed by atoms with Gasteiger partial charge < -0.3 is 23.9 Å². The van der Waals surface area contributed by atoms with Gasteiger partial charge in [-0.2, -0.15) is 5.10 Å². The molecule has 6 rings (SSSR count). The van der Waals surface area contributed by atoms with Gasteiger partial charge in [0.2, 0.25) is 6.79 Å². The zero-order chi connectivity index (χ0) is 30.8. The Labute approximate surface area is 266 Å². The summed E-state index contributed by atoms with van der Waals surface area (Å²) >= 11 is 19.3. The zero-order valence-corrected chi connectivity index (χ0v) is 25.2. The predicted octanol–water partition coefficient (Wildman–Crippen LogP) is 7.91. The lowest BCUT2D eigenvalue weighted by atomic mass is 10.0. The van der Waals surface area contributed by atoms with Crippen LogP contribution < -0.4 is 24.4 Å². The number of nitrogens with zero attached hydrogens (tertiary/aromatic N) is 1. The molecule has 0 aliphatic carbocycles. The average molecular weight is 651 g/mol. The van der Waals surface area contributed by atoms with Crippen LogP contribution in [0.3, 0.4) is 0 Å². The van der Waals surface area contributed by atoms with E-state index in [-0.39, 0.29) is 18.2 Å². The van der Waals surface area contributed by atoms with Crippen LogP contribution in [-0.2, 0) is 0 Å². The van der Waals surface area contributed by atoms with E-state index in [9.17, 15) is 9.59 Å². The maximum absolute atomic E-state index is 13.4. The Morgan fingerprint density at radius 3 is 2.59 bits per heavy atom. The Morgan fingerprint density at radius 2 is 1.77 bits per heavy atom. The first kappa shape index (κ1) is 29.4. The van der Waals surface area contributed by atoms with Gasteiger partial charge in [-0.25, -0.2) is 10.2 Å². The molecular formula is C32H22Cl3N3O6. The third-order valence-electron chi connectivity index (χ3n) is 6.64. The van der Waals surface area contributed by atoms with Crippen molar-refractivity contribution < 1.29 is 28.5 Å². The minimum Gasteiger partial charge on any atom is -0.490 e. The molecule has 0 radical (unpaired) electrons. The number of carbonyl (C=O) groups is 2. The third-order valence-corrected chi connectivity index (χ3v) is 7.49. The molecule has 0 atom stereocenters. The maximum Gasteiger partial charge on any atom is 0.343 e. The fourth-order valence-corrected chi connectivity index (χ4v) is 5.53. The first-order valence-electron chi connectivity index (χ1n) is 13.3. The fourth-order valence-electron chi connectivity index (χ4n) is 4.71. The Kier molecular flexibility index (Phi) is 8.34. The lowest BCUT2D eigenvalue weighted by molar-refractivity contribution is 0.0727. The van der Waals surface area contributed by atoms with E-state index in [1.54, 1.807) is 73.7 Å². The number of halogens is 3. The maximum atomic E-state index is 13.4. The van der Waals surface area contributed by atoms with E-state index < -0.39 is 11.9 Å². The van der Waals surface area contributed by atoms with Gasteiger partial charge in [0.1, 0.15) is 5.69 Å². The quantitative estimate of drug-likeness (QED) is 0.0764. The van der Waals surface area contributed by atoms with Crippen molar-refractivity contribution >= 4 is 63.8 Å². The molecule has 0 bridgehead atoms. The lowest BCUT2D eigenvalue weighted by Gasteiger charge is -2.11. The van der Waals surface area contributed by atoms with Crippen LogP contribution in [0.4, 0.5) is 0 Å². The molecule has 0 saturated heterocycles. The summed E-state index contributed by atoms with van der Waals surface area (Å²) < 4.78 is 21.9. The van der Waals surface area contributed by atoms with Crippen molar-refractivity contribution in [2.24, 2.45) is 5.10 Å². The Bertz CT molecular complexity index is 1960. The standard InChI is InChI=1S/C32H22Cl3N3O6/c1-2-41-26-11-17(7-9-25(26)44-32(40)18-8-10-24-27(12-18)43-16-42-24)15-36-38-31(39)30-28(20-5-3-4-6-21(20)34)29-22(35)13-19(33)14-23(29)37-30/h3-15,37H,2,16H2,1H3,(H,38,39). The lowest BCUT2D eigenvalue weighted by Crippen LogP contribution is -2.19. The van der Waals surface area contributed by atoms with E-state index in [2.05, 4.69) is 15.5 Å². The number of rotatable bonds is 8. The van der Waals surface area contributed by atoms with Gasteiger partial charge in [-0.1, -0.05) is 53.0 Å². The zero-order valence-electron chi connectivity index (χ0n) is 23.0. The summed E-state index contributed by atoms with van der Waals surface area (Å²) in [6, 6.07) is 20.1. The van der Waals surface area contributed by atoms with Crippen molar-refractivity contribution in [2.75, 3.05) is 13.4 Å².